The zero-order chi connectivity index (χ0) is 15.8. The van der Waals surface area contributed by atoms with Crippen LogP contribution in [0, 0.1) is 0 Å². The number of carbonyl (C=O) groups excluding carboxylic acids is 1. The third-order valence-electron chi connectivity index (χ3n) is 3.22. The van der Waals surface area contributed by atoms with E-state index in [9.17, 15) is 4.79 Å². The molecule has 0 unspecified atom stereocenters. The van der Waals surface area contributed by atoms with Crippen molar-refractivity contribution in [2.24, 2.45) is 0 Å². The van der Waals surface area contributed by atoms with Gasteiger partial charge < -0.3 is 14.8 Å². The molecule has 0 aliphatic carbocycles. The van der Waals surface area contributed by atoms with Gasteiger partial charge in [0.1, 0.15) is 0 Å². The number of hydrogen-bond donors (Lipinski definition) is 1. The van der Waals surface area contributed by atoms with Crippen LogP contribution in [0.4, 0.5) is 5.69 Å². The molecule has 1 N–H and O–H groups in total. The second kappa shape index (κ2) is 8.32. The topological polar surface area (TPSA) is 47.6 Å². The molecule has 2 aromatic rings. The summed E-state index contributed by atoms with van der Waals surface area (Å²) >= 11 is 0. The van der Waals surface area contributed by atoms with Crippen molar-refractivity contribution >= 4 is 11.6 Å². The van der Waals surface area contributed by atoms with Crippen LogP contribution in [0.2, 0.25) is 0 Å². The number of methoxy groups -OCH3 is 1. The highest BCUT2D eigenvalue weighted by molar-refractivity contribution is 6.05. The van der Waals surface area contributed by atoms with E-state index in [0.717, 1.165) is 16.8 Å². The molecule has 0 fully saturated rings. The van der Waals surface area contributed by atoms with Crippen molar-refractivity contribution in [3.63, 3.8) is 0 Å². The number of anilines is 1. The van der Waals surface area contributed by atoms with E-state index in [1.54, 1.807) is 13.2 Å². The Morgan fingerprint density at radius 1 is 1.09 bits per heavy atom. The minimum absolute atomic E-state index is 0.138. The van der Waals surface area contributed by atoms with Gasteiger partial charge in [0.05, 0.1) is 13.2 Å². The molecule has 0 aliphatic heterocycles. The van der Waals surface area contributed by atoms with Gasteiger partial charge in [0.15, 0.2) is 0 Å². The molecular weight excluding hydrogens is 278 g/mol. The van der Waals surface area contributed by atoms with E-state index in [-0.39, 0.29) is 5.91 Å². The Morgan fingerprint density at radius 3 is 2.68 bits per heavy atom. The van der Waals surface area contributed by atoms with Gasteiger partial charge in [-0.05, 0) is 36.2 Å². The first-order chi connectivity index (χ1) is 10.7. The second-order valence-electron chi connectivity index (χ2n) is 4.88. The lowest BCUT2D eigenvalue weighted by atomic mass is 10.1. The van der Waals surface area contributed by atoms with Crippen LogP contribution in [-0.2, 0) is 22.7 Å². The lowest BCUT2D eigenvalue weighted by Gasteiger charge is -2.10. The van der Waals surface area contributed by atoms with Crippen molar-refractivity contribution in [2.75, 3.05) is 19.0 Å². The lowest BCUT2D eigenvalue weighted by Crippen LogP contribution is -2.14. The molecule has 116 valence electrons. The summed E-state index contributed by atoms with van der Waals surface area (Å²) in [5.74, 6) is -0.138. The van der Waals surface area contributed by atoms with E-state index < -0.39 is 0 Å². The second-order valence-corrected chi connectivity index (χ2v) is 4.88. The van der Waals surface area contributed by atoms with E-state index in [0.29, 0.717) is 25.4 Å². The third-order valence-corrected chi connectivity index (χ3v) is 3.22. The SMILES string of the molecule is CCOCc1cccc(NC(=O)c2ccccc2COC)c1. The summed E-state index contributed by atoms with van der Waals surface area (Å²) in [5, 5.41) is 2.92. The Kier molecular flexibility index (Phi) is 6.13. The van der Waals surface area contributed by atoms with Crippen molar-refractivity contribution in [1.82, 2.24) is 0 Å². The Bertz CT molecular complexity index is 625. The molecule has 2 rings (SSSR count). The molecule has 0 aromatic heterocycles. The van der Waals surface area contributed by atoms with Crippen LogP contribution in [0.25, 0.3) is 0 Å². The molecule has 22 heavy (non-hydrogen) atoms. The normalized spacial score (nSPS) is 10.5. The fourth-order valence-corrected chi connectivity index (χ4v) is 2.18. The number of benzene rings is 2. The number of hydrogen-bond acceptors (Lipinski definition) is 3. The molecule has 0 bridgehead atoms. The maximum atomic E-state index is 12.4. The van der Waals surface area contributed by atoms with Gasteiger partial charge in [-0.15, -0.1) is 0 Å². The zero-order valence-electron chi connectivity index (χ0n) is 13.0. The maximum absolute atomic E-state index is 12.4. The summed E-state index contributed by atoms with van der Waals surface area (Å²) in [6, 6.07) is 15.1. The van der Waals surface area contributed by atoms with E-state index >= 15 is 0 Å². The minimum atomic E-state index is -0.138. The number of rotatable bonds is 7. The molecule has 0 aliphatic rings. The van der Waals surface area contributed by atoms with E-state index in [1.165, 1.54) is 0 Å². The van der Waals surface area contributed by atoms with Crippen molar-refractivity contribution in [3.05, 3.63) is 65.2 Å². The fraction of sp³-hybridized carbons (Fsp3) is 0.278. The molecule has 0 saturated carbocycles. The maximum Gasteiger partial charge on any atom is 0.256 e. The smallest absolute Gasteiger partial charge is 0.256 e. The van der Waals surface area contributed by atoms with Gasteiger partial charge >= 0.3 is 0 Å². The van der Waals surface area contributed by atoms with Crippen LogP contribution in [0.1, 0.15) is 28.4 Å². The van der Waals surface area contributed by atoms with Crippen LogP contribution in [0.3, 0.4) is 0 Å². The molecule has 0 heterocycles. The molecule has 1 amide bonds. The number of ether oxygens (including phenoxy) is 2. The molecule has 0 atom stereocenters. The van der Waals surface area contributed by atoms with Crippen molar-refractivity contribution in [1.29, 1.82) is 0 Å². The largest absolute Gasteiger partial charge is 0.380 e. The molecule has 0 spiro atoms. The standard InChI is InChI=1S/C18H21NO3/c1-3-22-12-14-7-6-9-16(11-14)19-18(20)17-10-5-4-8-15(17)13-21-2/h4-11H,3,12-13H2,1-2H3,(H,19,20). The van der Waals surface area contributed by atoms with E-state index in [2.05, 4.69) is 5.32 Å². The van der Waals surface area contributed by atoms with Gasteiger partial charge in [-0.2, -0.15) is 0 Å². The summed E-state index contributed by atoms with van der Waals surface area (Å²) in [7, 11) is 1.62. The fourth-order valence-electron chi connectivity index (χ4n) is 2.18. The molecule has 2 aromatic carbocycles. The summed E-state index contributed by atoms with van der Waals surface area (Å²) in [6.45, 7) is 3.58. The van der Waals surface area contributed by atoms with Crippen LogP contribution in [0.5, 0.6) is 0 Å². The monoisotopic (exact) mass is 299 g/mol. The van der Waals surface area contributed by atoms with Gasteiger partial charge in [-0.25, -0.2) is 0 Å². The highest BCUT2D eigenvalue weighted by Gasteiger charge is 2.11. The Balaban J connectivity index is 2.12. The van der Waals surface area contributed by atoms with Gasteiger partial charge in [0.2, 0.25) is 0 Å². The highest BCUT2D eigenvalue weighted by atomic mass is 16.5. The first-order valence-electron chi connectivity index (χ1n) is 7.29. The third kappa shape index (κ3) is 4.41. The average molecular weight is 299 g/mol. The average Bonchev–Trinajstić information content (AvgIpc) is 2.54. The highest BCUT2D eigenvalue weighted by Crippen LogP contribution is 2.15. The molecular formula is C18H21NO3. The Morgan fingerprint density at radius 2 is 1.91 bits per heavy atom. The Labute approximate surface area is 131 Å². The molecule has 4 heteroatoms. The van der Waals surface area contributed by atoms with Crippen molar-refractivity contribution < 1.29 is 14.3 Å². The van der Waals surface area contributed by atoms with E-state index in [4.69, 9.17) is 9.47 Å². The molecule has 0 radical (unpaired) electrons. The number of nitrogens with one attached hydrogen (secondary N) is 1. The van der Waals surface area contributed by atoms with Gasteiger partial charge in [0.25, 0.3) is 5.91 Å². The number of carbonyl (C=O) groups is 1. The van der Waals surface area contributed by atoms with Gasteiger partial charge in [-0.3, -0.25) is 4.79 Å². The summed E-state index contributed by atoms with van der Waals surface area (Å²) in [4.78, 5) is 12.4. The minimum Gasteiger partial charge on any atom is -0.380 e. The quantitative estimate of drug-likeness (QED) is 0.849. The first-order valence-corrected chi connectivity index (χ1v) is 7.29. The summed E-state index contributed by atoms with van der Waals surface area (Å²) < 4.78 is 10.5. The van der Waals surface area contributed by atoms with Gasteiger partial charge in [-0.1, -0.05) is 30.3 Å². The van der Waals surface area contributed by atoms with Crippen LogP contribution < -0.4 is 5.32 Å². The van der Waals surface area contributed by atoms with Crippen LogP contribution in [0.15, 0.2) is 48.5 Å². The predicted molar refractivity (Wildman–Crippen MR) is 86.9 cm³/mol. The Hall–Kier alpha value is -2.17. The van der Waals surface area contributed by atoms with E-state index in [1.807, 2.05) is 49.4 Å². The molecule has 4 nitrogen and oxygen atoms in total. The van der Waals surface area contributed by atoms with Crippen LogP contribution in [-0.4, -0.2) is 19.6 Å². The predicted octanol–water partition coefficient (Wildman–Crippen LogP) is 3.62. The summed E-state index contributed by atoms with van der Waals surface area (Å²) in [6.07, 6.45) is 0. The zero-order valence-corrected chi connectivity index (χ0v) is 13.0. The number of amides is 1. The van der Waals surface area contributed by atoms with Crippen LogP contribution >= 0.6 is 0 Å². The first kappa shape index (κ1) is 16.2. The lowest BCUT2D eigenvalue weighted by molar-refractivity contribution is 0.102. The van der Waals surface area contributed by atoms with Crippen molar-refractivity contribution in [2.45, 2.75) is 20.1 Å². The summed E-state index contributed by atoms with van der Waals surface area (Å²) in [5.41, 5.74) is 3.28. The van der Waals surface area contributed by atoms with Gasteiger partial charge in [0, 0.05) is 25.0 Å². The molecule has 0 saturated heterocycles. The van der Waals surface area contributed by atoms with Crippen molar-refractivity contribution in [3.8, 4) is 0 Å².